The second-order valence-corrected chi connectivity index (χ2v) is 8.35. The smallest absolute Gasteiger partial charge is 0.205 e. The third-order valence-electron chi connectivity index (χ3n) is 5.75. The van der Waals surface area contributed by atoms with E-state index in [-0.39, 0.29) is 0 Å². The van der Waals surface area contributed by atoms with E-state index in [1.807, 2.05) is 36.5 Å². The maximum atomic E-state index is 4.86. The topological polar surface area (TPSA) is 98.1 Å². The Labute approximate surface area is 194 Å². The molecule has 8 nitrogen and oxygen atoms in total. The predicted molar refractivity (Wildman–Crippen MR) is 128 cm³/mol. The van der Waals surface area contributed by atoms with Gasteiger partial charge in [-0.25, -0.2) is 9.67 Å². The van der Waals surface area contributed by atoms with E-state index in [4.69, 9.17) is 15.1 Å². The van der Waals surface area contributed by atoms with E-state index in [9.17, 15) is 0 Å². The molecule has 0 aliphatic rings. The van der Waals surface area contributed by atoms with Gasteiger partial charge in [0.1, 0.15) is 5.82 Å². The van der Waals surface area contributed by atoms with Crippen LogP contribution in [0.2, 0.25) is 0 Å². The number of aryl methyl sites for hydroxylation is 2. The highest BCUT2D eigenvalue weighted by Crippen LogP contribution is 2.28. The Morgan fingerprint density at radius 1 is 0.879 bits per heavy atom. The van der Waals surface area contributed by atoms with Gasteiger partial charge in [0.2, 0.25) is 5.82 Å². The van der Waals surface area contributed by atoms with Crippen molar-refractivity contribution in [2.24, 2.45) is 0 Å². The molecule has 172 valence electrons. The van der Waals surface area contributed by atoms with Gasteiger partial charge in [0, 0.05) is 30.2 Å². The zero-order valence-corrected chi connectivity index (χ0v) is 19.5. The Hall–Kier alpha value is -3.42. The molecule has 0 unspecified atom stereocenters. The number of benzene rings is 1. The van der Waals surface area contributed by atoms with Crippen molar-refractivity contribution in [3.05, 3.63) is 59.8 Å². The maximum Gasteiger partial charge on any atom is 0.205 e. The molecular formula is C25H32N8. The number of nitrogens with zero attached hydrogens (tertiary/aromatic N) is 7. The van der Waals surface area contributed by atoms with Crippen LogP contribution in [0.4, 0.5) is 0 Å². The van der Waals surface area contributed by atoms with E-state index >= 15 is 0 Å². The average molecular weight is 445 g/mol. The van der Waals surface area contributed by atoms with Crippen LogP contribution >= 0.6 is 0 Å². The second-order valence-electron chi connectivity index (χ2n) is 8.35. The first-order chi connectivity index (χ1) is 16.3. The second kappa shape index (κ2) is 11.4. The van der Waals surface area contributed by atoms with Gasteiger partial charge >= 0.3 is 0 Å². The summed E-state index contributed by atoms with van der Waals surface area (Å²) in [5.74, 6) is 2.61. The summed E-state index contributed by atoms with van der Waals surface area (Å²) in [5.41, 5.74) is 3.86. The van der Waals surface area contributed by atoms with Crippen molar-refractivity contribution in [1.29, 1.82) is 0 Å². The van der Waals surface area contributed by atoms with Crippen LogP contribution in [-0.2, 0) is 19.4 Å². The molecule has 1 aromatic carbocycles. The summed E-state index contributed by atoms with van der Waals surface area (Å²) in [4.78, 5) is 9.60. The third-order valence-corrected chi connectivity index (χ3v) is 5.75. The Morgan fingerprint density at radius 3 is 2.36 bits per heavy atom. The molecule has 0 saturated heterocycles. The molecule has 3 heterocycles. The predicted octanol–water partition coefficient (Wildman–Crippen LogP) is 5.03. The summed E-state index contributed by atoms with van der Waals surface area (Å²) < 4.78 is 2.07. The number of aromatic amines is 1. The van der Waals surface area contributed by atoms with Gasteiger partial charge < -0.3 is 0 Å². The van der Waals surface area contributed by atoms with Crippen LogP contribution in [0.15, 0.2) is 42.6 Å². The van der Waals surface area contributed by atoms with Gasteiger partial charge in [-0.05, 0) is 29.7 Å². The van der Waals surface area contributed by atoms with Crippen molar-refractivity contribution in [3.8, 4) is 22.6 Å². The fraction of sp³-hybridized carbons (Fsp3) is 0.440. The number of unbranched alkanes of at least 4 members (excludes halogenated alkanes) is 4. The van der Waals surface area contributed by atoms with Crippen molar-refractivity contribution >= 4 is 0 Å². The highest BCUT2D eigenvalue weighted by molar-refractivity contribution is 5.78. The van der Waals surface area contributed by atoms with Gasteiger partial charge in [-0.1, -0.05) is 69.9 Å². The van der Waals surface area contributed by atoms with Gasteiger partial charge in [0.05, 0.1) is 12.2 Å². The largest absolute Gasteiger partial charge is 0.256 e. The van der Waals surface area contributed by atoms with Gasteiger partial charge in [0.15, 0.2) is 5.82 Å². The van der Waals surface area contributed by atoms with Crippen LogP contribution in [0.5, 0.6) is 0 Å². The summed E-state index contributed by atoms with van der Waals surface area (Å²) in [5, 5.41) is 19.3. The lowest BCUT2D eigenvalue weighted by atomic mass is 10.0. The first-order valence-corrected chi connectivity index (χ1v) is 12.0. The minimum absolute atomic E-state index is 0.561. The van der Waals surface area contributed by atoms with Crippen molar-refractivity contribution in [2.75, 3.05) is 0 Å². The summed E-state index contributed by atoms with van der Waals surface area (Å²) >= 11 is 0. The van der Waals surface area contributed by atoms with Crippen LogP contribution < -0.4 is 0 Å². The first-order valence-electron chi connectivity index (χ1n) is 12.0. The number of aromatic nitrogens is 8. The summed E-state index contributed by atoms with van der Waals surface area (Å²) in [6, 6.07) is 12.1. The fourth-order valence-corrected chi connectivity index (χ4v) is 3.94. The number of H-pyrrole nitrogens is 1. The molecule has 4 aromatic rings. The molecule has 0 bridgehead atoms. The van der Waals surface area contributed by atoms with Gasteiger partial charge in [-0.2, -0.15) is 10.3 Å². The molecule has 0 aliphatic heterocycles. The minimum atomic E-state index is 0.561. The molecule has 33 heavy (non-hydrogen) atoms. The fourth-order valence-electron chi connectivity index (χ4n) is 3.94. The highest BCUT2D eigenvalue weighted by atomic mass is 15.5. The van der Waals surface area contributed by atoms with Gasteiger partial charge in [-0.3, -0.25) is 4.98 Å². The molecule has 0 radical (unpaired) electrons. The SMILES string of the molecule is CCCCCc1nc(CCCCC)n(Cc2ccc(-c3ccccc3-c3nn[nH]n3)nc2)n1. The first kappa shape index (κ1) is 22.8. The van der Waals surface area contributed by atoms with Crippen LogP contribution in [0.25, 0.3) is 22.6 Å². The van der Waals surface area contributed by atoms with Crippen molar-refractivity contribution in [3.63, 3.8) is 0 Å². The molecule has 0 atom stereocenters. The Kier molecular flexibility index (Phi) is 7.90. The van der Waals surface area contributed by atoms with E-state index in [1.54, 1.807) is 0 Å². The molecule has 1 N–H and O–H groups in total. The number of pyridine rings is 1. The number of hydrogen-bond acceptors (Lipinski definition) is 6. The average Bonchev–Trinajstić information content (AvgIpc) is 3.51. The maximum absolute atomic E-state index is 4.86. The summed E-state index contributed by atoms with van der Waals surface area (Å²) in [7, 11) is 0. The zero-order valence-electron chi connectivity index (χ0n) is 19.5. The molecule has 0 amide bonds. The molecule has 4 rings (SSSR count). The Balaban J connectivity index is 1.52. The van der Waals surface area contributed by atoms with Gasteiger partial charge in [-0.15, -0.1) is 10.2 Å². The lowest BCUT2D eigenvalue weighted by Crippen LogP contribution is -2.08. The highest BCUT2D eigenvalue weighted by Gasteiger charge is 2.13. The Bertz CT molecular complexity index is 1120. The minimum Gasteiger partial charge on any atom is -0.256 e. The van der Waals surface area contributed by atoms with Crippen molar-refractivity contribution in [2.45, 2.75) is 71.8 Å². The lowest BCUT2D eigenvalue weighted by Gasteiger charge is -2.08. The van der Waals surface area contributed by atoms with Crippen LogP contribution in [0.3, 0.4) is 0 Å². The third kappa shape index (κ3) is 5.88. The van der Waals surface area contributed by atoms with E-state index in [1.165, 1.54) is 25.7 Å². The molecule has 0 aliphatic carbocycles. The molecular weight excluding hydrogens is 412 g/mol. The van der Waals surface area contributed by atoms with E-state index < -0.39 is 0 Å². The lowest BCUT2D eigenvalue weighted by molar-refractivity contribution is 0.600. The van der Waals surface area contributed by atoms with E-state index in [0.717, 1.165) is 59.7 Å². The molecule has 3 aromatic heterocycles. The summed E-state index contributed by atoms with van der Waals surface area (Å²) in [6.07, 6.45) is 11.0. The van der Waals surface area contributed by atoms with E-state index in [0.29, 0.717) is 12.4 Å². The number of nitrogens with one attached hydrogen (secondary N) is 1. The number of tetrazole rings is 1. The number of hydrogen-bond donors (Lipinski definition) is 1. The molecule has 0 fully saturated rings. The van der Waals surface area contributed by atoms with Gasteiger partial charge in [0.25, 0.3) is 0 Å². The van der Waals surface area contributed by atoms with Crippen LogP contribution in [-0.4, -0.2) is 40.4 Å². The van der Waals surface area contributed by atoms with Crippen LogP contribution in [0, 0.1) is 0 Å². The van der Waals surface area contributed by atoms with Crippen LogP contribution in [0.1, 0.15) is 69.6 Å². The zero-order chi connectivity index (χ0) is 22.9. The van der Waals surface area contributed by atoms with Crippen molar-refractivity contribution < 1.29 is 0 Å². The normalized spacial score (nSPS) is 11.2. The quantitative estimate of drug-likeness (QED) is 0.308. The summed E-state index contributed by atoms with van der Waals surface area (Å²) in [6.45, 7) is 5.13. The monoisotopic (exact) mass is 444 g/mol. The molecule has 0 saturated carbocycles. The van der Waals surface area contributed by atoms with Crippen molar-refractivity contribution in [1.82, 2.24) is 40.4 Å². The molecule has 0 spiro atoms. The molecule has 8 heteroatoms. The van der Waals surface area contributed by atoms with E-state index in [2.05, 4.69) is 45.2 Å². The Morgan fingerprint density at radius 2 is 1.67 bits per heavy atom. The number of rotatable bonds is 12. The standard InChI is InChI=1S/C25H32N8/c1-3-5-7-13-23-27-24(14-8-6-4-2)33(30-23)18-19-15-16-22(26-17-19)20-11-9-10-12-21(20)25-28-31-32-29-25/h9-12,15-17H,3-8,13-14,18H2,1-2H3,(H,28,29,31,32).